The summed E-state index contributed by atoms with van der Waals surface area (Å²) in [5, 5.41) is 1.82. The molecule has 21 heavy (non-hydrogen) atoms. The smallest absolute Gasteiger partial charge is 0.125 e. The van der Waals surface area contributed by atoms with Gasteiger partial charge in [0.15, 0.2) is 0 Å². The van der Waals surface area contributed by atoms with Gasteiger partial charge in [0.05, 0.1) is 12.7 Å². The van der Waals surface area contributed by atoms with Crippen LogP contribution >= 0.6 is 27.5 Å². The van der Waals surface area contributed by atoms with Crippen LogP contribution in [0.4, 0.5) is 0 Å². The summed E-state index contributed by atoms with van der Waals surface area (Å²) in [6.45, 7) is 1.67. The number of ether oxygens (including phenoxy) is 2. The Labute approximate surface area is 139 Å². The Morgan fingerprint density at radius 3 is 2.90 bits per heavy atom. The fourth-order valence-corrected chi connectivity index (χ4v) is 5.04. The molecule has 4 heteroatoms. The molecule has 4 rings (SSSR count). The van der Waals surface area contributed by atoms with Crippen LogP contribution < -0.4 is 4.74 Å². The van der Waals surface area contributed by atoms with Gasteiger partial charge in [-0.2, -0.15) is 0 Å². The van der Waals surface area contributed by atoms with Gasteiger partial charge in [-0.3, -0.25) is 0 Å². The maximum Gasteiger partial charge on any atom is 0.125 e. The third-order valence-corrected chi connectivity index (χ3v) is 6.52. The average molecular weight is 372 g/mol. The molecule has 2 heterocycles. The normalized spacial score (nSPS) is 31.2. The van der Waals surface area contributed by atoms with E-state index in [1.165, 1.54) is 24.0 Å². The minimum atomic E-state index is 0.200. The van der Waals surface area contributed by atoms with E-state index in [9.17, 15) is 0 Å². The summed E-state index contributed by atoms with van der Waals surface area (Å²) in [7, 11) is 0. The van der Waals surface area contributed by atoms with Gasteiger partial charge in [0.1, 0.15) is 5.75 Å². The lowest BCUT2D eigenvalue weighted by molar-refractivity contribution is 0.0411. The lowest BCUT2D eigenvalue weighted by atomic mass is 9.75. The molecule has 2 unspecified atom stereocenters. The van der Waals surface area contributed by atoms with E-state index in [1.54, 1.807) is 0 Å². The Morgan fingerprint density at radius 1 is 1.29 bits per heavy atom. The highest BCUT2D eigenvalue weighted by atomic mass is 79.9. The molecule has 1 aromatic carbocycles. The molecule has 114 valence electrons. The molecule has 3 aliphatic rings. The molecule has 0 N–H and O–H groups in total. The largest absolute Gasteiger partial charge is 0.493 e. The van der Waals surface area contributed by atoms with E-state index in [0.29, 0.717) is 6.10 Å². The molecule has 1 saturated carbocycles. The summed E-state index contributed by atoms with van der Waals surface area (Å²) >= 11 is 10.1. The van der Waals surface area contributed by atoms with Crippen molar-refractivity contribution < 1.29 is 9.47 Å². The second kappa shape index (κ2) is 5.43. The molecule has 1 aromatic rings. The highest BCUT2D eigenvalue weighted by Crippen LogP contribution is 2.51. The van der Waals surface area contributed by atoms with Gasteiger partial charge in [0, 0.05) is 28.8 Å². The van der Waals surface area contributed by atoms with E-state index in [1.807, 2.05) is 0 Å². The van der Waals surface area contributed by atoms with Crippen LogP contribution in [0.15, 0.2) is 12.1 Å². The SMILES string of the molecule is Clc1cc2c(c(CC3(CBr)CCOC3C3CC3)c1)OCC2. The van der Waals surface area contributed by atoms with Crippen LogP contribution in [-0.2, 0) is 17.6 Å². The second-order valence-electron chi connectivity index (χ2n) is 6.70. The molecule has 2 nitrogen and oxygen atoms in total. The van der Waals surface area contributed by atoms with Gasteiger partial charge in [0.25, 0.3) is 0 Å². The Balaban J connectivity index is 1.68. The Hall–Kier alpha value is -0.250. The van der Waals surface area contributed by atoms with E-state index in [0.717, 1.165) is 54.5 Å². The van der Waals surface area contributed by atoms with Crippen LogP contribution in [-0.4, -0.2) is 24.6 Å². The van der Waals surface area contributed by atoms with Crippen LogP contribution in [0.1, 0.15) is 30.4 Å². The molecule has 0 aromatic heterocycles. The van der Waals surface area contributed by atoms with Crippen LogP contribution in [0.2, 0.25) is 5.02 Å². The molecule has 2 aliphatic heterocycles. The molecular weight excluding hydrogens is 352 g/mol. The monoisotopic (exact) mass is 370 g/mol. The van der Waals surface area contributed by atoms with Crippen molar-refractivity contribution in [3.8, 4) is 5.75 Å². The quantitative estimate of drug-likeness (QED) is 0.730. The minimum absolute atomic E-state index is 0.200. The van der Waals surface area contributed by atoms with E-state index >= 15 is 0 Å². The fourth-order valence-electron chi connectivity index (χ4n) is 3.98. The first-order valence-corrected chi connectivity index (χ1v) is 9.33. The Kier molecular flexibility index (Phi) is 3.71. The van der Waals surface area contributed by atoms with Gasteiger partial charge < -0.3 is 9.47 Å². The van der Waals surface area contributed by atoms with Crippen molar-refractivity contribution in [1.29, 1.82) is 0 Å². The lowest BCUT2D eigenvalue weighted by Gasteiger charge is -2.33. The minimum Gasteiger partial charge on any atom is -0.493 e. The van der Waals surface area contributed by atoms with E-state index in [2.05, 4.69) is 28.1 Å². The molecule has 0 bridgehead atoms. The van der Waals surface area contributed by atoms with E-state index in [4.69, 9.17) is 21.1 Å². The highest BCUT2D eigenvalue weighted by Gasteiger charge is 2.50. The zero-order valence-corrected chi connectivity index (χ0v) is 14.4. The summed E-state index contributed by atoms with van der Waals surface area (Å²) in [6, 6.07) is 4.15. The predicted molar refractivity (Wildman–Crippen MR) is 87.7 cm³/mol. The summed E-state index contributed by atoms with van der Waals surface area (Å²) in [5.41, 5.74) is 2.74. The van der Waals surface area contributed by atoms with Crippen molar-refractivity contribution in [3.05, 3.63) is 28.3 Å². The van der Waals surface area contributed by atoms with Crippen LogP contribution in [0.3, 0.4) is 0 Å². The fraction of sp³-hybridized carbons (Fsp3) is 0.647. The molecule has 0 amide bonds. The molecule has 0 radical (unpaired) electrons. The molecule has 2 atom stereocenters. The van der Waals surface area contributed by atoms with Gasteiger partial charge in [-0.25, -0.2) is 0 Å². The molecule has 2 fully saturated rings. The first-order chi connectivity index (χ1) is 10.2. The highest BCUT2D eigenvalue weighted by molar-refractivity contribution is 9.09. The topological polar surface area (TPSA) is 18.5 Å². The van der Waals surface area contributed by atoms with Gasteiger partial charge in [0.2, 0.25) is 0 Å². The molecule has 1 aliphatic carbocycles. The van der Waals surface area contributed by atoms with Crippen molar-refractivity contribution in [3.63, 3.8) is 0 Å². The summed E-state index contributed by atoms with van der Waals surface area (Å²) in [6.07, 6.45) is 6.15. The van der Waals surface area contributed by atoms with Gasteiger partial charge >= 0.3 is 0 Å². The third kappa shape index (κ3) is 2.51. The lowest BCUT2D eigenvalue weighted by Crippen LogP contribution is -2.36. The maximum atomic E-state index is 6.32. The van der Waals surface area contributed by atoms with Crippen LogP contribution in [0, 0.1) is 11.3 Å². The Bertz CT molecular complexity index is 558. The zero-order valence-electron chi connectivity index (χ0n) is 12.0. The van der Waals surface area contributed by atoms with Crippen LogP contribution in [0.5, 0.6) is 5.75 Å². The number of alkyl halides is 1. The number of halogens is 2. The third-order valence-electron chi connectivity index (χ3n) is 5.19. The van der Waals surface area contributed by atoms with Gasteiger partial charge in [-0.05, 0) is 54.9 Å². The maximum absolute atomic E-state index is 6.32. The molecular formula is C17H20BrClO2. The number of benzene rings is 1. The summed E-state index contributed by atoms with van der Waals surface area (Å²) in [4.78, 5) is 0. The molecule has 1 saturated heterocycles. The first-order valence-electron chi connectivity index (χ1n) is 7.83. The van der Waals surface area contributed by atoms with Crippen molar-refractivity contribution >= 4 is 27.5 Å². The van der Waals surface area contributed by atoms with E-state index in [-0.39, 0.29) is 5.41 Å². The Morgan fingerprint density at radius 2 is 2.14 bits per heavy atom. The van der Waals surface area contributed by atoms with Crippen molar-refractivity contribution in [1.82, 2.24) is 0 Å². The number of rotatable bonds is 4. The van der Waals surface area contributed by atoms with E-state index < -0.39 is 0 Å². The number of hydrogen-bond acceptors (Lipinski definition) is 2. The zero-order chi connectivity index (χ0) is 14.4. The summed E-state index contributed by atoms with van der Waals surface area (Å²) < 4.78 is 12.0. The summed E-state index contributed by atoms with van der Waals surface area (Å²) in [5.74, 6) is 1.85. The molecule has 0 spiro atoms. The van der Waals surface area contributed by atoms with Crippen molar-refractivity contribution in [2.24, 2.45) is 11.3 Å². The number of hydrogen-bond donors (Lipinski definition) is 0. The van der Waals surface area contributed by atoms with Crippen LogP contribution in [0.25, 0.3) is 0 Å². The first kappa shape index (κ1) is 14.3. The van der Waals surface area contributed by atoms with Crippen molar-refractivity contribution in [2.75, 3.05) is 18.5 Å². The number of fused-ring (bicyclic) bond motifs is 1. The predicted octanol–water partition coefficient (Wildman–Crippen LogP) is 4.40. The standard InChI is InChI=1S/C17H20BrClO2/c18-10-17(4-6-21-16(17)11-1-2-11)9-13-8-14(19)7-12-3-5-20-15(12)13/h7-8,11,16H,1-6,9-10H2. The van der Waals surface area contributed by atoms with Crippen molar-refractivity contribution in [2.45, 2.75) is 38.2 Å². The van der Waals surface area contributed by atoms with Gasteiger partial charge in [-0.1, -0.05) is 27.5 Å². The van der Waals surface area contributed by atoms with Gasteiger partial charge in [-0.15, -0.1) is 0 Å². The average Bonchev–Trinajstić information content (AvgIpc) is 3.05. The second-order valence-corrected chi connectivity index (χ2v) is 7.70.